The van der Waals surface area contributed by atoms with Crippen LogP contribution in [0.5, 0.6) is 0 Å². The van der Waals surface area contributed by atoms with E-state index >= 15 is 0 Å². The fourth-order valence-corrected chi connectivity index (χ4v) is 4.85. The minimum Gasteiger partial charge on any atom is -0.355 e. The van der Waals surface area contributed by atoms with Gasteiger partial charge in [-0.1, -0.05) is 69.3 Å². The van der Waals surface area contributed by atoms with Crippen LogP contribution >= 0.6 is 0 Å². The fourth-order valence-electron chi connectivity index (χ4n) is 3.99. The van der Waals surface area contributed by atoms with Crippen molar-refractivity contribution in [2.45, 2.75) is 52.5 Å². The predicted octanol–water partition coefficient (Wildman–Crippen LogP) is 3.56. The smallest absolute Gasteiger partial charge is 0.244 e. The van der Waals surface area contributed by atoms with Crippen molar-refractivity contribution in [3.63, 3.8) is 0 Å². The molecule has 0 heterocycles. The van der Waals surface area contributed by atoms with E-state index < -0.39 is 22.0 Å². The van der Waals surface area contributed by atoms with Crippen molar-refractivity contribution >= 4 is 27.5 Å². The van der Waals surface area contributed by atoms with Gasteiger partial charge in [-0.3, -0.25) is 13.9 Å². The summed E-state index contributed by atoms with van der Waals surface area (Å²) in [5, 5.41) is 2.80. The monoisotopic (exact) mass is 487 g/mol. The van der Waals surface area contributed by atoms with Crippen molar-refractivity contribution in [1.82, 2.24) is 10.2 Å². The van der Waals surface area contributed by atoms with Crippen LogP contribution < -0.4 is 9.62 Å². The molecule has 0 bridgehead atoms. The Balaban J connectivity index is 2.41. The predicted molar refractivity (Wildman–Crippen MR) is 137 cm³/mol. The van der Waals surface area contributed by atoms with Crippen LogP contribution in [0.25, 0.3) is 0 Å². The molecular weight excluding hydrogens is 450 g/mol. The molecule has 1 atom stereocenters. The average molecular weight is 488 g/mol. The summed E-state index contributed by atoms with van der Waals surface area (Å²) in [4.78, 5) is 27.9. The molecule has 8 heteroatoms. The van der Waals surface area contributed by atoms with Crippen molar-refractivity contribution in [2.24, 2.45) is 0 Å². The molecule has 0 spiro atoms. The van der Waals surface area contributed by atoms with Gasteiger partial charge in [-0.2, -0.15) is 0 Å². The number of hydrogen-bond acceptors (Lipinski definition) is 4. The van der Waals surface area contributed by atoms with Crippen molar-refractivity contribution in [2.75, 3.05) is 30.2 Å². The zero-order valence-corrected chi connectivity index (χ0v) is 21.6. The second-order valence-electron chi connectivity index (χ2n) is 8.62. The highest BCUT2D eigenvalue weighted by atomic mass is 32.2. The van der Waals surface area contributed by atoms with Crippen LogP contribution in [0.2, 0.25) is 0 Å². The summed E-state index contributed by atoms with van der Waals surface area (Å²) in [5.74, 6) is -0.568. The molecule has 0 aromatic heterocycles. The van der Waals surface area contributed by atoms with Crippen LogP contribution in [0.4, 0.5) is 5.69 Å². The summed E-state index contributed by atoms with van der Waals surface area (Å²) in [6, 6.07) is 16.3. The van der Waals surface area contributed by atoms with E-state index in [1.54, 1.807) is 12.1 Å². The highest BCUT2D eigenvalue weighted by Gasteiger charge is 2.32. The summed E-state index contributed by atoms with van der Waals surface area (Å²) < 4.78 is 26.7. The van der Waals surface area contributed by atoms with E-state index in [-0.39, 0.29) is 18.4 Å². The van der Waals surface area contributed by atoms with Crippen LogP contribution in [0.15, 0.2) is 54.6 Å². The Morgan fingerprint density at radius 1 is 0.971 bits per heavy atom. The molecule has 0 aliphatic heterocycles. The Kier molecular flexibility index (Phi) is 10.1. The Labute approximate surface area is 204 Å². The van der Waals surface area contributed by atoms with Gasteiger partial charge in [0.1, 0.15) is 12.6 Å². The molecule has 7 nitrogen and oxygen atoms in total. The highest BCUT2D eigenvalue weighted by molar-refractivity contribution is 7.92. The maximum absolute atomic E-state index is 13.6. The van der Waals surface area contributed by atoms with E-state index in [1.165, 1.54) is 4.90 Å². The van der Waals surface area contributed by atoms with Gasteiger partial charge in [0.25, 0.3) is 0 Å². The number of benzene rings is 2. The van der Waals surface area contributed by atoms with Gasteiger partial charge in [-0.05, 0) is 42.9 Å². The van der Waals surface area contributed by atoms with Crippen LogP contribution in [0.1, 0.15) is 51.2 Å². The summed E-state index contributed by atoms with van der Waals surface area (Å²) in [6.45, 7) is 8.04. The first-order valence-electron chi connectivity index (χ1n) is 11.8. The molecule has 0 fully saturated rings. The van der Waals surface area contributed by atoms with Crippen molar-refractivity contribution in [3.8, 4) is 0 Å². The first-order valence-corrected chi connectivity index (χ1v) is 13.6. The lowest BCUT2D eigenvalue weighted by molar-refractivity contribution is -0.139. The molecule has 1 N–H and O–H groups in total. The second-order valence-corrected chi connectivity index (χ2v) is 10.5. The largest absolute Gasteiger partial charge is 0.355 e. The number of amides is 2. The summed E-state index contributed by atoms with van der Waals surface area (Å²) in [7, 11) is -3.75. The van der Waals surface area contributed by atoms with Crippen LogP contribution in [-0.4, -0.2) is 57.1 Å². The van der Waals surface area contributed by atoms with Crippen molar-refractivity contribution in [1.29, 1.82) is 0 Å². The molecular formula is C26H37N3O4S. The number of carbonyl (C=O) groups is 2. The molecule has 0 aliphatic carbocycles. The first-order chi connectivity index (χ1) is 16.1. The topological polar surface area (TPSA) is 86.8 Å². The van der Waals surface area contributed by atoms with Gasteiger partial charge < -0.3 is 10.2 Å². The molecule has 186 valence electrons. The van der Waals surface area contributed by atoms with E-state index in [4.69, 9.17) is 0 Å². The van der Waals surface area contributed by atoms with Gasteiger partial charge in [0.05, 0.1) is 11.9 Å². The number of rotatable bonds is 12. The number of hydrogen-bond donors (Lipinski definition) is 1. The lowest BCUT2D eigenvalue weighted by Gasteiger charge is -2.33. The molecule has 0 saturated heterocycles. The van der Waals surface area contributed by atoms with Gasteiger partial charge in [0.2, 0.25) is 21.8 Å². The maximum atomic E-state index is 13.6. The summed E-state index contributed by atoms with van der Waals surface area (Å²) in [6.07, 6.45) is 2.09. The number of anilines is 1. The third-order valence-electron chi connectivity index (χ3n) is 5.73. The quantitative estimate of drug-likeness (QED) is 0.496. The van der Waals surface area contributed by atoms with Crippen LogP contribution in [-0.2, 0) is 26.0 Å². The number of para-hydroxylation sites is 1. The minimum atomic E-state index is -3.75. The molecule has 2 amide bonds. The van der Waals surface area contributed by atoms with Gasteiger partial charge in [-0.15, -0.1) is 0 Å². The number of nitrogens with zero attached hydrogens (tertiary/aromatic N) is 2. The minimum absolute atomic E-state index is 0.0726. The summed E-state index contributed by atoms with van der Waals surface area (Å²) >= 11 is 0. The molecule has 2 rings (SSSR count). The first kappa shape index (κ1) is 27.4. The summed E-state index contributed by atoms with van der Waals surface area (Å²) in [5.41, 5.74) is 2.37. The SMILES string of the molecule is CCNC(=O)[C@@H](CC)N(CCc1ccccc1)C(=O)CN(c1ccccc1C(C)C)S(C)(=O)=O. The molecule has 0 saturated carbocycles. The number of nitrogens with one attached hydrogen (secondary N) is 1. The highest BCUT2D eigenvalue weighted by Crippen LogP contribution is 2.29. The number of sulfonamides is 1. The van der Waals surface area contributed by atoms with Crippen molar-refractivity contribution < 1.29 is 18.0 Å². The Morgan fingerprint density at radius 2 is 1.59 bits per heavy atom. The number of carbonyl (C=O) groups excluding carboxylic acids is 2. The van der Waals surface area contributed by atoms with Gasteiger partial charge >= 0.3 is 0 Å². The van der Waals surface area contributed by atoms with Crippen molar-refractivity contribution in [3.05, 3.63) is 65.7 Å². The Bertz CT molecular complexity index is 1050. The Morgan fingerprint density at radius 3 is 2.15 bits per heavy atom. The lowest BCUT2D eigenvalue weighted by Crippen LogP contribution is -2.53. The van der Waals surface area contributed by atoms with E-state index in [9.17, 15) is 18.0 Å². The van der Waals surface area contributed by atoms with Gasteiger partial charge in [0, 0.05) is 13.1 Å². The standard InChI is InChI=1S/C26H37N3O4S/c1-6-23(26(31)27-7-2)28(18-17-21-13-9-8-10-14-21)25(30)19-29(34(5,32)33)24-16-12-11-15-22(24)20(3)4/h8-16,20,23H,6-7,17-19H2,1-5H3,(H,27,31)/t23-/m1/s1. The Hall–Kier alpha value is -2.87. The average Bonchev–Trinajstić information content (AvgIpc) is 2.80. The molecule has 2 aromatic rings. The second kappa shape index (κ2) is 12.6. The zero-order valence-electron chi connectivity index (χ0n) is 20.8. The third kappa shape index (κ3) is 7.32. The zero-order chi connectivity index (χ0) is 25.3. The van der Waals surface area contributed by atoms with Gasteiger partial charge in [0.15, 0.2) is 0 Å². The maximum Gasteiger partial charge on any atom is 0.244 e. The van der Waals surface area contributed by atoms with Crippen LogP contribution in [0, 0.1) is 0 Å². The van der Waals surface area contributed by atoms with Crippen LogP contribution in [0.3, 0.4) is 0 Å². The van der Waals surface area contributed by atoms with E-state index in [2.05, 4.69) is 5.32 Å². The lowest BCUT2D eigenvalue weighted by atomic mass is 10.0. The third-order valence-corrected chi connectivity index (χ3v) is 6.85. The van der Waals surface area contributed by atoms with E-state index in [1.807, 2.05) is 70.2 Å². The molecule has 0 aliphatic rings. The molecule has 0 unspecified atom stereocenters. The van der Waals surface area contributed by atoms with E-state index in [0.717, 1.165) is 21.7 Å². The fraction of sp³-hybridized carbons (Fsp3) is 0.462. The number of likely N-dealkylation sites (N-methyl/N-ethyl adjacent to an activating group) is 1. The molecule has 2 aromatic carbocycles. The van der Waals surface area contributed by atoms with E-state index in [0.29, 0.717) is 31.6 Å². The van der Waals surface area contributed by atoms with Gasteiger partial charge in [-0.25, -0.2) is 8.42 Å². The normalized spacial score (nSPS) is 12.3. The molecule has 0 radical (unpaired) electrons. The molecule has 34 heavy (non-hydrogen) atoms.